The van der Waals surface area contributed by atoms with Gasteiger partial charge < -0.3 is 0 Å². The van der Waals surface area contributed by atoms with Gasteiger partial charge in [0.1, 0.15) is 11.8 Å². The van der Waals surface area contributed by atoms with E-state index in [0.717, 1.165) is 6.20 Å². The summed E-state index contributed by atoms with van der Waals surface area (Å²) in [5.74, 6) is 0. The van der Waals surface area contributed by atoms with Crippen LogP contribution < -0.4 is 0 Å². The second-order valence-corrected chi connectivity index (χ2v) is 3.17. The molecule has 0 aliphatic carbocycles. The molecule has 0 bridgehead atoms. The zero-order valence-corrected chi connectivity index (χ0v) is 8.96. The van der Waals surface area contributed by atoms with Crippen LogP contribution in [-0.4, -0.2) is 11.3 Å². The highest BCUT2D eigenvalue weighted by Crippen LogP contribution is 2.25. The van der Waals surface area contributed by atoms with Gasteiger partial charge in [0, 0.05) is 17.1 Å². The van der Waals surface area contributed by atoms with Gasteiger partial charge in [-0.3, -0.25) is 9.78 Å². The Bertz CT molecular complexity index is 429. The Labute approximate surface area is 92.9 Å². The van der Waals surface area contributed by atoms with Crippen LogP contribution in [0.1, 0.15) is 33.6 Å². The second kappa shape index (κ2) is 4.94. The van der Waals surface area contributed by atoms with Gasteiger partial charge in [-0.05, 0) is 5.56 Å². The van der Waals surface area contributed by atoms with Gasteiger partial charge in [-0.25, -0.2) is 8.78 Å². The number of carbonyl (C=O) groups excluding carboxylic acids is 1. The normalized spacial score (nSPS) is 10.1. The molecule has 1 rings (SSSR count). The molecule has 1 aromatic heterocycles. The monoisotopic (exact) mass is 274 g/mol. The van der Waals surface area contributed by atoms with Gasteiger partial charge in [0.05, 0.1) is 5.56 Å². The maximum atomic E-state index is 12.4. The standard InChI is InChI=1S/C9H5BrF2N2O/c10-1-6-5(2-13)3-14-8(9(11)12)7(6)4-15/h3-4,9H,1H2. The number of hydrogen-bond donors (Lipinski definition) is 0. The molecule has 0 saturated heterocycles. The first kappa shape index (κ1) is 11.7. The van der Waals surface area contributed by atoms with E-state index in [-0.39, 0.29) is 22.0 Å². The molecule has 3 nitrogen and oxygen atoms in total. The molecule has 0 aromatic carbocycles. The Morgan fingerprint density at radius 3 is 2.73 bits per heavy atom. The SMILES string of the molecule is N#Cc1cnc(C(F)F)c(C=O)c1CBr. The van der Waals surface area contributed by atoms with Gasteiger partial charge in [-0.15, -0.1) is 0 Å². The largest absolute Gasteiger partial charge is 0.298 e. The van der Waals surface area contributed by atoms with Gasteiger partial charge in [0.25, 0.3) is 6.43 Å². The minimum absolute atomic E-state index is 0.123. The first-order valence-corrected chi connectivity index (χ1v) is 4.99. The molecule has 0 radical (unpaired) electrons. The summed E-state index contributed by atoms with van der Waals surface area (Å²) in [4.78, 5) is 14.1. The number of halogens is 3. The number of aromatic nitrogens is 1. The predicted octanol–water partition coefficient (Wildman–Crippen LogP) is 2.60. The summed E-state index contributed by atoms with van der Waals surface area (Å²) in [6, 6.07) is 1.79. The van der Waals surface area contributed by atoms with Crippen LogP contribution >= 0.6 is 15.9 Å². The molecular weight excluding hydrogens is 270 g/mol. The fourth-order valence-electron chi connectivity index (χ4n) is 1.13. The number of hydrogen-bond acceptors (Lipinski definition) is 3. The van der Waals surface area contributed by atoms with Crippen LogP contribution in [0.3, 0.4) is 0 Å². The molecule has 0 N–H and O–H groups in total. The van der Waals surface area contributed by atoms with Crippen LogP contribution in [0, 0.1) is 11.3 Å². The van der Waals surface area contributed by atoms with E-state index in [1.807, 2.05) is 0 Å². The van der Waals surface area contributed by atoms with Crippen molar-refractivity contribution in [2.45, 2.75) is 11.8 Å². The van der Waals surface area contributed by atoms with Crippen molar-refractivity contribution in [3.63, 3.8) is 0 Å². The molecule has 15 heavy (non-hydrogen) atoms. The summed E-state index contributed by atoms with van der Waals surface area (Å²) >= 11 is 3.04. The molecule has 0 amide bonds. The van der Waals surface area contributed by atoms with E-state index in [1.54, 1.807) is 6.07 Å². The van der Waals surface area contributed by atoms with Gasteiger partial charge in [0.2, 0.25) is 0 Å². The molecule has 6 heteroatoms. The van der Waals surface area contributed by atoms with E-state index in [1.165, 1.54) is 0 Å². The summed E-state index contributed by atoms with van der Waals surface area (Å²) in [5, 5.41) is 8.84. The maximum absolute atomic E-state index is 12.4. The molecule has 0 spiro atoms. The molecular formula is C9H5BrF2N2O. The number of carbonyl (C=O) groups is 1. The fraction of sp³-hybridized carbons (Fsp3) is 0.222. The molecule has 0 aliphatic rings. The smallest absolute Gasteiger partial charge is 0.281 e. The summed E-state index contributed by atoms with van der Waals surface area (Å²) in [6.45, 7) is 0. The third-order valence-corrected chi connectivity index (χ3v) is 2.40. The Balaban J connectivity index is 3.49. The molecule has 0 aliphatic heterocycles. The second-order valence-electron chi connectivity index (χ2n) is 2.61. The van der Waals surface area contributed by atoms with E-state index in [4.69, 9.17) is 5.26 Å². The lowest BCUT2D eigenvalue weighted by Crippen LogP contribution is -2.04. The van der Waals surface area contributed by atoms with Crippen LogP contribution in [0.5, 0.6) is 0 Å². The van der Waals surface area contributed by atoms with Crippen LogP contribution in [-0.2, 0) is 5.33 Å². The predicted molar refractivity (Wildman–Crippen MR) is 51.9 cm³/mol. The average molecular weight is 275 g/mol. The van der Waals surface area contributed by atoms with Crippen molar-refractivity contribution < 1.29 is 13.6 Å². The Kier molecular flexibility index (Phi) is 3.86. The summed E-state index contributed by atoms with van der Waals surface area (Å²) in [7, 11) is 0. The van der Waals surface area contributed by atoms with Gasteiger partial charge >= 0.3 is 0 Å². The first-order valence-electron chi connectivity index (χ1n) is 3.86. The maximum Gasteiger partial charge on any atom is 0.281 e. The third-order valence-electron chi connectivity index (χ3n) is 1.84. The van der Waals surface area contributed by atoms with Crippen LogP contribution in [0.2, 0.25) is 0 Å². The third kappa shape index (κ3) is 2.18. The van der Waals surface area contributed by atoms with E-state index in [2.05, 4.69) is 20.9 Å². The van der Waals surface area contributed by atoms with E-state index < -0.39 is 12.1 Å². The highest BCUT2D eigenvalue weighted by Gasteiger charge is 2.19. The van der Waals surface area contributed by atoms with Gasteiger partial charge in [0.15, 0.2) is 6.29 Å². The molecule has 0 fully saturated rings. The molecule has 0 unspecified atom stereocenters. The molecule has 1 heterocycles. The number of pyridine rings is 1. The minimum atomic E-state index is -2.82. The van der Waals surface area contributed by atoms with E-state index in [0.29, 0.717) is 6.29 Å². The zero-order chi connectivity index (χ0) is 11.4. The number of nitriles is 1. The lowest BCUT2D eigenvalue weighted by atomic mass is 10.0. The number of rotatable bonds is 3. The molecule has 78 valence electrons. The van der Waals surface area contributed by atoms with Crippen molar-refractivity contribution in [3.8, 4) is 6.07 Å². The minimum Gasteiger partial charge on any atom is -0.298 e. The van der Waals surface area contributed by atoms with E-state index in [9.17, 15) is 13.6 Å². The molecule has 0 atom stereocenters. The van der Waals surface area contributed by atoms with E-state index >= 15 is 0 Å². The number of alkyl halides is 3. The van der Waals surface area contributed by atoms with Gasteiger partial charge in [-0.2, -0.15) is 5.26 Å². The lowest BCUT2D eigenvalue weighted by Gasteiger charge is -2.07. The van der Waals surface area contributed by atoms with Crippen LogP contribution in [0.25, 0.3) is 0 Å². The average Bonchev–Trinajstić information content (AvgIpc) is 2.26. The van der Waals surface area contributed by atoms with Gasteiger partial charge in [-0.1, -0.05) is 15.9 Å². The van der Waals surface area contributed by atoms with Crippen LogP contribution in [0.15, 0.2) is 6.20 Å². The fourth-order valence-corrected chi connectivity index (χ4v) is 1.73. The summed E-state index contributed by atoms with van der Waals surface area (Å²) in [5.41, 5.74) is -0.421. The van der Waals surface area contributed by atoms with Crippen molar-refractivity contribution in [2.75, 3.05) is 0 Å². The Morgan fingerprint density at radius 2 is 2.33 bits per heavy atom. The highest BCUT2D eigenvalue weighted by molar-refractivity contribution is 9.08. The van der Waals surface area contributed by atoms with Crippen molar-refractivity contribution >= 4 is 22.2 Å². The molecule has 0 saturated carbocycles. The summed E-state index contributed by atoms with van der Waals surface area (Å²) < 4.78 is 24.9. The Morgan fingerprint density at radius 1 is 1.67 bits per heavy atom. The van der Waals surface area contributed by atoms with Crippen molar-refractivity contribution in [1.82, 2.24) is 4.98 Å². The topological polar surface area (TPSA) is 53.8 Å². The Hall–Kier alpha value is -1.35. The first-order chi connectivity index (χ1) is 7.15. The number of aldehydes is 1. The zero-order valence-electron chi connectivity index (χ0n) is 7.38. The van der Waals surface area contributed by atoms with Crippen molar-refractivity contribution in [2.24, 2.45) is 0 Å². The lowest BCUT2D eigenvalue weighted by molar-refractivity contribution is 0.110. The number of nitrogens with zero attached hydrogens (tertiary/aromatic N) is 2. The van der Waals surface area contributed by atoms with Crippen molar-refractivity contribution in [3.05, 3.63) is 28.6 Å². The van der Waals surface area contributed by atoms with Crippen molar-refractivity contribution in [1.29, 1.82) is 5.26 Å². The highest BCUT2D eigenvalue weighted by atomic mass is 79.9. The molecule has 1 aromatic rings. The van der Waals surface area contributed by atoms with Crippen LogP contribution in [0.4, 0.5) is 8.78 Å². The summed E-state index contributed by atoms with van der Waals surface area (Å²) in [6.07, 6.45) is -1.48. The quantitative estimate of drug-likeness (QED) is 0.629.